The van der Waals surface area contributed by atoms with E-state index in [0.717, 1.165) is 23.7 Å². The quantitative estimate of drug-likeness (QED) is 0.436. The fourth-order valence-electron chi connectivity index (χ4n) is 2.92. The van der Waals surface area contributed by atoms with Crippen molar-refractivity contribution in [3.05, 3.63) is 68.7 Å². The number of hydrogen-bond donors (Lipinski definition) is 1. The number of anilines is 1. The van der Waals surface area contributed by atoms with Crippen molar-refractivity contribution in [3.63, 3.8) is 0 Å². The molecule has 9 nitrogen and oxygen atoms in total. The van der Waals surface area contributed by atoms with Crippen LogP contribution in [-0.2, 0) is 20.7 Å². The van der Waals surface area contributed by atoms with Gasteiger partial charge in [0.15, 0.2) is 6.61 Å². The molecule has 0 unspecified atom stereocenters. The first-order valence-electron chi connectivity index (χ1n) is 8.63. The Balaban J connectivity index is 1.49. The zero-order valence-corrected chi connectivity index (χ0v) is 15.8. The molecule has 29 heavy (non-hydrogen) atoms. The van der Waals surface area contributed by atoms with Gasteiger partial charge in [0.25, 0.3) is 17.5 Å². The number of para-hydroxylation sites is 1. The molecule has 3 rings (SSSR count). The van der Waals surface area contributed by atoms with Crippen molar-refractivity contribution in [3.8, 4) is 0 Å². The number of carbonyl (C=O) groups excluding carboxylic acids is 3. The highest BCUT2D eigenvalue weighted by molar-refractivity contribution is 6.32. The van der Waals surface area contributed by atoms with Gasteiger partial charge in [0.1, 0.15) is 11.6 Å². The largest absolute Gasteiger partial charge is 0.454 e. The van der Waals surface area contributed by atoms with Gasteiger partial charge in [-0.15, -0.1) is 0 Å². The number of carbonyl (C=O) groups is 3. The molecule has 1 heterocycles. The third-order valence-electron chi connectivity index (χ3n) is 4.34. The Labute approximate surface area is 170 Å². The second kappa shape index (κ2) is 8.70. The van der Waals surface area contributed by atoms with Crippen molar-refractivity contribution in [1.82, 2.24) is 5.32 Å². The van der Waals surface area contributed by atoms with Crippen molar-refractivity contribution >= 4 is 40.8 Å². The van der Waals surface area contributed by atoms with E-state index >= 15 is 0 Å². The molecule has 0 saturated carbocycles. The van der Waals surface area contributed by atoms with Gasteiger partial charge in [-0.25, -0.2) is 0 Å². The number of esters is 1. The number of ether oxygens (including phenoxy) is 1. The van der Waals surface area contributed by atoms with Gasteiger partial charge in [-0.1, -0.05) is 29.8 Å². The molecule has 0 spiro atoms. The molecular weight excluding hydrogens is 402 g/mol. The van der Waals surface area contributed by atoms with Crippen LogP contribution >= 0.6 is 11.6 Å². The second-order valence-electron chi connectivity index (χ2n) is 6.19. The molecule has 0 aromatic heterocycles. The predicted molar refractivity (Wildman–Crippen MR) is 104 cm³/mol. The van der Waals surface area contributed by atoms with E-state index in [2.05, 4.69) is 5.32 Å². The summed E-state index contributed by atoms with van der Waals surface area (Å²) in [4.78, 5) is 47.9. The van der Waals surface area contributed by atoms with Crippen LogP contribution in [0.3, 0.4) is 0 Å². The van der Waals surface area contributed by atoms with Crippen LogP contribution in [0.2, 0.25) is 5.02 Å². The van der Waals surface area contributed by atoms with E-state index in [1.807, 2.05) is 24.3 Å². The molecular formula is C19H16ClN3O6. The fourth-order valence-corrected chi connectivity index (χ4v) is 3.10. The third-order valence-corrected chi connectivity index (χ3v) is 4.66. The van der Waals surface area contributed by atoms with Crippen LogP contribution in [-0.4, -0.2) is 42.4 Å². The number of amides is 2. The van der Waals surface area contributed by atoms with Crippen LogP contribution in [0.1, 0.15) is 15.9 Å². The summed E-state index contributed by atoms with van der Waals surface area (Å²) in [5.74, 6) is -1.87. The number of nitro benzene ring substituents is 1. The van der Waals surface area contributed by atoms with Crippen LogP contribution in [0.5, 0.6) is 0 Å². The van der Waals surface area contributed by atoms with Crippen molar-refractivity contribution in [2.75, 3.05) is 24.6 Å². The van der Waals surface area contributed by atoms with Crippen molar-refractivity contribution < 1.29 is 24.0 Å². The smallest absolute Gasteiger partial charge is 0.325 e. The Hall–Kier alpha value is -3.46. The number of rotatable bonds is 6. The molecule has 0 atom stereocenters. The molecule has 1 aliphatic heterocycles. The van der Waals surface area contributed by atoms with Crippen LogP contribution < -0.4 is 10.2 Å². The molecule has 0 saturated heterocycles. The zero-order valence-electron chi connectivity index (χ0n) is 15.1. The minimum Gasteiger partial charge on any atom is -0.454 e. The molecule has 0 radical (unpaired) electrons. The highest BCUT2D eigenvalue weighted by atomic mass is 35.5. The maximum Gasteiger partial charge on any atom is 0.325 e. The van der Waals surface area contributed by atoms with Crippen LogP contribution in [0.15, 0.2) is 42.5 Å². The molecule has 150 valence electrons. The minimum absolute atomic E-state index is 0.0290. The number of nitrogens with one attached hydrogen (secondary N) is 1. The molecule has 2 aromatic carbocycles. The van der Waals surface area contributed by atoms with E-state index in [4.69, 9.17) is 16.3 Å². The van der Waals surface area contributed by atoms with Gasteiger partial charge in [0, 0.05) is 23.9 Å². The summed E-state index contributed by atoms with van der Waals surface area (Å²) < 4.78 is 4.92. The molecule has 0 fully saturated rings. The molecule has 0 bridgehead atoms. The van der Waals surface area contributed by atoms with E-state index in [0.29, 0.717) is 6.54 Å². The Morgan fingerprint density at radius 3 is 2.72 bits per heavy atom. The maximum absolute atomic E-state index is 12.3. The summed E-state index contributed by atoms with van der Waals surface area (Å²) in [6.07, 6.45) is 0.735. The van der Waals surface area contributed by atoms with Gasteiger partial charge < -0.3 is 15.0 Å². The van der Waals surface area contributed by atoms with E-state index in [-0.39, 0.29) is 16.5 Å². The summed E-state index contributed by atoms with van der Waals surface area (Å²) >= 11 is 5.70. The average molecular weight is 418 g/mol. The van der Waals surface area contributed by atoms with Gasteiger partial charge in [0.05, 0.1) is 4.92 Å². The van der Waals surface area contributed by atoms with Gasteiger partial charge in [-0.3, -0.25) is 24.5 Å². The SMILES string of the molecule is O=C(CNC(=O)c1ccc(Cl)c([N+](=O)[O-])c1)OCC(=O)N1CCc2ccccc21. The van der Waals surface area contributed by atoms with Crippen molar-refractivity contribution in [1.29, 1.82) is 0 Å². The third kappa shape index (κ3) is 4.69. The van der Waals surface area contributed by atoms with Crippen molar-refractivity contribution in [2.24, 2.45) is 0 Å². The Morgan fingerprint density at radius 1 is 1.21 bits per heavy atom. The highest BCUT2D eigenvalue weighted by Crippen LogP contribution is 2.27. The summed E-state index contributed by atoms with van der Waals surface area (Å²) in [5.41, 5.74) is 1.40. The van der Waals surface area contributed by atoms with E-state index in [9.17, 15) is 24.5 Å². The van der Waals surface area contributed by atoms with Crippen LogP contribution in [0.4, 0.5) is 11.4 Å². The first kappa shape index (κ1) is 20.3. The maximum atomic E-state index is 12.3. The normalized spacial score (nSPS) is 12.2. The lowest BCUT2D eigenvalue weighted by atomic mass is 10.2. The molecule has 2 aromatic rings. The van der Waals surface area contributed by atoms with E-state index in [1.165, 1.54) is 12.1 Å². The second-order valence-corrected chi connectivity index (χ2v) is 6.60. The number of halogens is 1. The Bertz CT molecular complexity index is 994. The lowest BCUT2D eigenvalue weighted by Gasteiger charge is -2.17. The van der Waals surface area contributed by atoms with Gasteiger partial charge in [0.2, 0.25) is 0 Å². The monoisotopic (exact) mass is 417 g/mol. The molecule has 1 aliphatic rings. The lowest BCUT2D eigenvalue weighted by molar-refractivity contribution is -0.384. The van der Waals surface area contributed by atoms with Crippen LogP contribution in [0, 0.1) is 10.1 Å². The van der Waals surface area contributed by atoms with Crippen LogP contribution in [0.25, 0.3) is 0 Å². The first-order chi connectivity index (χ1) is 13.9. The molecule has 2 amide bonds. The molecule has 0 aliphatic carbocycles. The summed E-state index contributed by atoms with van der Waals surface area (Å²) in [5, 5.41) is 13.1. The summed E-state index contributed by atoms with van der Waals surface area (Å²) in [7, 11) is 0. The lowest BCUT2D eigenvalue weighted by Crippen LogP contribution is -2.36. The number of nitrogens with zero attached hydrogens (tertiary/aromatic N) is 2. The first-order valence-corrected chi connectivity index (χ1v) is 9.00. The fraction of sp³-hybridized carbons (Fsp3) is 0.211. The van der Waals surface area contributed by atoms with E-state index < -0.39 is 35.6 Å². The standard InChI is InChI=1S/C19H16ClN3O6/c20-14-6-5-13(9-16(14)23(27)28)19(26)21-10-18(25)29-11-17(24)22-8-7-12-3-1-2-4-15(12)22/h1-6,9H,7-8,10-11H2,(H,21,26). The predicted octanol–water partition coefficient (Wildman–Crippen LogP) is 2.11. The summed E-state index contributed by atoms with van der Waals surface area (Å²) in [6.45, 7) is -0.420. The minimum atomic E-state index is -0.803. The van der Waals surface area contributed by atoms with Gasteiger partial charge in [-0.2, -0.15) is 0 Å². The highest BCUT2D eigenvalue weighted by Gasteiger charge is 2.25. The number of hydrogen-bond acceptors (Lipinski definition) is 6. The number of fused-ring (bicyclic) bond motifs is 1. The topological polar surface area (TPSA) is 119 Å². The molecule has 10 heteroatoms. The van der Waals surface area contributed by atoms with Crippen molar-refractivity contribution in [2.45, 2.75) is 6.42 Å². The Kier molecular flexibility index (Phi) is 6.08. The number of nitro groups is 1. The van der Waals surface area contributed by atoms with Gasteiger partial charge in [-0.05, 0) is 30.2 Å². The van der Waals surface area contributed by atoms with Gasteiger partial charge >= 0.3 is 5.97 Å². The number of benzene rings is 2. The summed E-state index contributed by atoms with van der Waals surface area (Å²) in [6, 6.07) is 11.0. The average Bonchev–Trinajstić information content (AvgIpc) is 3.14. The zero-order chi connectivity index (χ0) is 21.0. The van der Waals surface area contributed by atoms with E-state index in [1.54, 1.807) is 4.90 Å². The molecule has 1 N–H and O–H groups in total. The Morgan fingerprint density at radius 2 is 1.97 bits per heavy atom.